The molecule has 4 heteroatoms. The highest BCUT2D eigenvalue weighted by Gasteiger charge is 2.30. The zero-order valence-corrected chi connectivity index (χ0v) is 11.2. The van der Waals surface area contributed by atoms with E-state index in [0.717, 1.165) is 5.56 Å². The van der Waals surface area contributed by atoms with Crippen LogP contribution in [0.15, 0.2) is 59.6 Å². The van der Waals surface area contributed by atoms with Gasteiger partial charge in [0.15, 0.2) is 0 Å². The number of hydrogen-bond acceptors (Lipinski definition) is 3. The number of likely N-dealkylation sites (N-methyl/N-ethyl adjacent to an activating group) is 1. The Balaban J connectivity index is 2.14. The molecule has 4 nitrogen and oxygen atoms in total. The quantitative estimate of drug-likeness (QED) is 0.861. The number of nitrogens with two attached hydrogens (primary N) is 1. The van der Waals surface area contributed by atoms with E-state index in [1.807, 2.05) is 42.5 Å². The second kappa shape index (κ2) is 4.81. The summed E-state index contributed by atoms with van der Waals surface area (Å²) in [6.45, 7) is 0. The molecule has 20 heavy (non-hydrogen) atoms. The van der Waals surface area contributed by atoms with E-state index in [4.69, 9.17) is 5.73 Å². The fourth-order valence-corrected chi connectivity index (χ4v) is 2.49. The Labute approximate surface area is 117 Å². The van der Waals surface area contributed by atoms with Crippen LogP contribution in [0.4, 0.5) is 5.69 Å². The van der Waals surface area contributed by atoms with Gasteiger partial charge in [-0.1, -0.05) is 42.5 Å². The number of para-hydroxylation sites is 1. The van der Waals surface area contributed by atoms with Crippen molar-refractivity contribution in [1.29, 1.82) is 0 Å². The predicted octanol–water partition coefficient (Wildman–Crippen LogP) is 2.50. The van der Waals surface area contributed by atoms with Crippen molar-refractivity contribution in [3.05, 3.63) is 65.7 Å². The van der Waals surface area contributed by atoms with Gasteiger partial charge in [-0.15, -0.1) is 0 Å². The molecule has 0 saturated carbocycles. The van der Waals surface area contributed by atoms with Crippen molar-refractivity contribution in [3.63, 3.8) is 0 Å². The van der Waals surface area contributed by atoms with Crippen LogP contribution in [0.3, 0.4) is 0 Å². The van der Waals surface area contributed by atoms with Crippen LogP contribution in [-0.2, 0) is 0 Å². The normalized spacial score (nSPS) is 18.2. The molecule has 0 bridgehead atoms. The van der Waals surface area contributed by atoms with Crippen LogP contribution in [0.1, 0.15) is 22.0 Å². The average Bonchev–Trinajstić information content (AvgIpc) is 2.56. The molecule has 1 amide bonds. The second-order valence-corrected chi connectivity index (χ2v) is 4.78. The van der Waals surface area contributed by atoms with Gasteiger partial charge in [0.2, 0.25) is 0 Å². The van der Waals surface area contributed by atoms with E-state index in [0.29, 0.717) is 17.1 Å². The van der Waals surface area contributed by atoms with Crippen LogP contribution in [0.5, 0.6) is 0 Å². The molecule has 0 radical (unpaired) electrons. The summed E-state index contributed by atoms with van der Waals surface area (Å²) in [5.74, 6) is 0.357. The SMILES string of the molecule is CN1C(=O)c2ccccc2N=C(N)C1c1ccccc1. The monoisotopic (exact) mass is 265 g/mol. The number of nitrogens with zero attached hydrogens (tertiary/aromatic N) is 2. The predicted molar refractivity (Wildman–Crippen MR) is 79.0 cm³/mol. The first kappa shape index (κ1) is 12.4. The number of aliphatic imine (C=N–C) groups is 1. The fourth-order valence-electron chi connectivity index (χ4n) is 2.49. The average molecular weight is 265 g/mol. The number of amidine groups is 1. The molecular weight excluding hydrogens is 250 g/mol. The van der Waals surface area contributed by atoms with Gasteiger partial charge in [-0.05, 0) is 17.7 Å². The van der Waals surface area contributed by atoms with Crippen LogP contribution in [0.2, 0.25) is 0 Å². The van der Waals surface area contributed by atoms with Gasteiger partial charge in [0.05, 0.1) is 11.3 Å². The highest BCUT2D eigenvalue weighted by molar-refractivity contribution is 6.05. The summed E-state index contributed by atoms with van der Waals surface area (Å²) in [6.07, 6.45) is 0. The van der Waals surface area contributed by atoms with E-state index >= 15 is 0 Å². The molecule has 2 N–H and O–H groups in total. The van der Waals surface area contributed by atoms with Gasteiger partial charge >= 0.3 is 0 Å². The Morgan fingerprint density at radius 1 is 1.05 bits per heavy atom. The topological polar surface area (TPSA) is 58.7 Å². The molecule has 1 atom stereocenters. The van der Waals surface area contributed by atoms with Crippen LogP contribution in [-0.4, -0.2) is 23.7 Å². The lowest BCUT2D eigenvalue weighted by Gasteiger charge is -2.26. The molecule has 1 heterocycles. The Morgan fingerprint density at radius 3 is 2.45 bits per heavy atom. The molecule has 1 aliphatic rings. The molecule has 0 fully saturated rings. The van der Waals surface area contributed by atoms with Gasteiger partial charge in [0, 0.05) is 7.05 Å². The summed E-state index contributed by atoms with van der Waals surface area (Å²) in [5, 5.41) is 0. The molecule has 100 valence electrons. The number of rotatable bonds is 1. The first-order valence-electron chi connectivity index (χ1n) is 6.43. The first-order valence-corrected chi connectivity index (χ1v) is 6.43. The summed E-state index contributed by atoms with van der Waals surface area (Å²) in [6, 6.07) is 16.6. The molecule has 0 aliphatic carbocycles. The molecule has 1 aliphatic heterocycles. The number of benzene rings is 2. The van der Waals surface area contributed by atoms with Crippen molar-refractivity contribution in [2.45, 2.75) is 6.04 Å². The van der Waals surface area contributed by atoms with Gasteiger partial charge in [0.1, 0.15) is 11.9 Å². The fraction of sp³-hybridized carbons (Fsp3) is 0.125. The van der Waals surface area contributed by atoms with Crippen LogP contribution >= 0.6 is 0 Å². The maximum absolute atomic E-state index is 12.6. The van der Waals surface area contributed by atoms with Gasteiger partial charge < -0.3 is 10.6 Å². The number of amides is 1. The van der Waals surface area contributed by atoms with E-state index in [-0.39, 0.29) is 11.9 Å². The standard InChI is InChI=1S/C16H15N3O/c1-19-14(11-7-3-2-4-8-11)15(17)18-13-10-6-5-9-12(13)16(19)20/h2-10,14H,1H3,(H2,17,18). The number of hydrogen-bond donors (Lipinski definition) is 1. The lowest BCUT2D eigenvalue weighted by atomic mass is 10.0. The van der Waals surface area contributed by atoms with Crippen molar-refractivity contribution < 1.29 is 4.79 Å². The van der Waals surface area contributed by atoms with Crippen LogP contribution < -0.4 is 5.73 Å². The zero-order valence-electron chi connectivity index (χ0n) is 11.2. The van der Waals surface area contributed by atoms with Crippen molar-refractivity contribution in [2.75, 3.05) is 7.05 Å². The highest BCUT2D eigenvalue weighted by atomic mass is 16.2. The Kier molecular flexibility index (Phi) is 2.99. The summed E-state index contributed by atoms with van der Waals surface area (Å²) in [5.41, 5.74) is 8.30. The third-order valence-corrected chi connectivity index (χ3v) is 3.49. The van der Waals surface area contributed by atoms with Crippen molar-refractivity contribution in [2.24, 2.45) is 10.7 Å². The zero-order chi connectivity index (χ0) is 14.1. The molecule has 0 spiro atoms. The van der Waals surface area contributed by atoms with Crippen LogP contribution in [0, 0.1) is 0 Å². The summed E-state index contributed by atoms with van der Waals surface area (Å²) < 4.78 is 0. The van der Waals surface area contributed by atoms with Gasteiger partial charge in [-0.2, -0.15) is 0 Å². The van der Waals surface area contributed by atoms with Crippen molar-refractivity contribution in [1.82, 2.24) is 4.90 Å². The third kappa shape index (κ3) is 1.95. The summed E-state index contributed by atoms with van der Waals surface area (Å²) in [4.78, 5) is 18.6. The molecule has 3 rings (SSSR count). The Morgan fingerprint density at radius 2 is 1.70 bits per heavy atom. The lowest BCUT2D eigenvalue weighted by Crippen LogP contribution is -2.37. The maximum atomic E-state index is 12.6. The summed E-state index contributed by atoms with van der Waals surface area (Å²) >= 11 is 0. The smallest absolute Gasteiger partial charge is 0.256 e. The van der Waals surface area contributed by atoms with Gasteiger partial charge in [-0.3, -0.25) is 4.79 Å². The number of carbonyl (C=O) groups excluding carboxylic acids is 1. The Bertz CT molecular complexity index is 679. The van der Waals surface area contributed by atoms with E-state index in [2.05, 4.69) is 4.99 Å². The van der Waals surface area contributed by atoms with E-state index < -0.39 is 0 Å². The largest absolute Gasteiger partial charge is 0.385 e. The molecular formula is C16H15N3O. The second-order valence-electron chi connectivity index (χ2n) is 4.78. The van der Waals surface area contributed by atoms with Gasteiger partial charge in [-0.25, -0.2) is 4.99 Å². The minimum absolute atomic E-state index is 0.0707. The number of carbonyl (C=O) groups is 1. The van der Waals surface area contributed by atoms with E-state index in [9.17, 15) is 4.79 Å². The van der Waals surface area contributed by atoms with Crippen molar-refractivity contribution in [3.8, 4) is 0 Å². The maximum Gasteiger partial charge on any atom is 0.256 e. The minimum atomic E-state index is -0.337. The first-order chi connectivity index (χ1) is 9.68. The van der Waals surface area contributed by atoms with Crippen LogP contribution in [0.25, 0.3) is 0 Å². The molecule has 0 aromatic heterocycles. The molecule has 0 saturated heterocycles. The van der Waals surface area contributed by atoms with Crippen molar-refractivity contribution >= 4 is 17.4 Å². The molecule has 2 aromatic rings. The minimum Gasteiger partial charge on any atom is -0.385 e. The number of fused-ring (bicyclic) bond motifs is 1. The van der Waals surface area contributed by atoms with E-state index in [1.54, 1.807) is 24.1 Å². The lowest BCUT2D eigenvalue weighted by molar-refractivity contribution is 0.0772. The summed E-state index contributed by atoms with van der Waals surface area (Å²) in [7, 11) is 1.75. The Hall–Kier alpha value is -2.62. The van der Waals surface area contributed by atoms with E-state index in [1.165, 1.54) is 0 Å². The molecule has 1 unspecified atom stereocenters. The third-order valence-electron chi connectivity index (χ3n) is 3.49. The van der Waals surface area contributed by atoms with Gasteiger partial charge in [0.25, 0.3) is 5.91 Å². The molecule has 2 aromatic carbocycles. The highest BCUT2D eigenvalue weighted by Crippen LogP contribution is 2.30.